The third-order valence-corrected chi connectivity index (χ3v) is 6.52. The monoisotopic (exact) mass is 491 g/mol. The van der Waals surface area contributed by atoms with E-state index in [-0.39, 0.29) is 11.0 Å². The van der Waals surface area contributed by atoms with Gasteiger partial charge in [0.1, 0.15) is 5.82 Å². The van der Waals surface area contributed by atoms with Crippen LogP contribution in [0, 0.1) is 6.92 Å². The van der Waals surface area contributed by atoms with E-state index in [2.05, 4.69) is 67.9 Å². The van der Waals surface area contributed by atoms with Crippen LogP contribution in [-0.2, 0) is 6.42 Å². The van der Waals surface area contributed by atoms with Gasteiger partial charge in [-0.25, -0.2) is 0 Å². The second-order valence-electron chi connectivity index (χ2n) is 7.37. The normalized spacial score (nSPS) is 12.0. The molecule has 0 radical (unpaired) electrons. The number of rotatable bonds is 7. The van der Waals surface area contributed by atoms with Crippen LogP contribution >= 0.6 is 27.7 Å². The van der Waals surface area contributed by atoms with Crippen LogP contribution in [-0.4, -0.2) is 25.8 Å². The first-order valence-electron chi connectivity index (χ1n) is 10.0. The molecule has 0 saturated carbocycles. The summed E-state index contributed by atoms with van der Waals surface area (Å²) in [5, 5.41) is 9.38. The van der Waals surface area contributed by atoms with E-state index >= 15 is 0 Å². The van der Waals surface area contributed by atoms with Gasteiger partial charge >= 0.3 is 0 Å². The zero-order chi connectivity index (χ0) is 21.8. The molecule has 6 heteroatoms. The van der Waals surface area contributed by atoms with Gasteiger partial charge in [-0.2, -0.15) is 0 Å². The fraction of sp³-hybridized carbons (Fsp3) is 0.160. The summed E-state index contributed by atoms with van der Waals surface area (Å²) in [5.74, 6) is 0.920. The average Bonchev–Trinajstić information content (AvgIpc) is 3.16. The topological polar surface area (TPSA) is 47.8 Å². The van der Waals surface area contributed by atoms with Crippen molar-refractivity contribution in [1.82, 2.24) is 14.8 Å². The Morgan fingerprint density at radius 3 is 2.45 bits per heavy atom. The molecule has 1 atom stereocenters. The van der Waals surface area contributed by atoms with Gasteiger partial charge in [0.25, 0.3) is 0 Å². The molecule has 0 aliphatic rings. The van der Waals surface area contributed by atoms with Gasteiger partial charge in [-0.3, -0.25) is 9.36 Å². The smallest absolute Gasteiger partial charge is 0.196 e. The number of aryl methyl sites for hydroxylation is 1. The number of carbonyl (C=O) groups excluding carboxylic acids is 1. The maximum Gasteiger partial charge on any atom is 0.196 e. The van der Waals surface area contributed by atoms with Crippen LogP contribution in [0.4, 0.5) is 0 Å². The number of carbonyl (C=O) groups is 1. The van der Waals surface area contributed by atoms with Gasteiger partial charge in [0, 0.05) is 22.1 Å². The van der Waals surface area contributed by atoms with E-state index in [1.165, 1.54) is 17.3 Å². The molecule has 0 bridgehead atoms. The quantitative estimate of drug-likeness (QED) is 0.225. The number of hydrogen-bond acceptors (Lipinski definition) is 4. The number of benzene rings is 3. The molecule has 0 aliphatic carbocycles. The molecule has 156 valence electrons. The minimum Gasteiger partial charge on any atom is -0.293 e. The molecule has 1 unspecified atom stereocenters. The first kappa shape index (κ1) is 21.5. The standard InChI is InChI=1S/C25H22BrN3OS/c1-17-7-6-10-22(15-17)29-23(16-19-8-4-3-5-9-19)27-28-25(29)31-18(2)24(30)20-11-13-21(26)14-12-20/h3-15,18H,16H2,1-2H3. The summed E-state index contributed by atoms with van der Waals surface area (Å²) in [5.41, 5.74) is 4.02. The van der Waals surface area contributed by atoms with E-state index in [0.717, 1.165) is 26.7 Å². The maximum atomic E-state index is 13.0. The zero-order valence-electron chi connectivity index (χ0n) is 17.3. The fourth-order valence-electron chi connectivity index (χ4n) is 3.36. The Kier molecular flexibility index (Phi) is 6.68. The lowest BCUT2D eigenvalue weighted by Crippen LogP contribution is -2.15. The third kappa shape index (κ3) is 5.14. The van der Waals surface area contributed by atoms with Gasteiger partial charge in [-0.15, -0.1) is 10.2 Å². The Labute approximate surface area is 194 Å². The number of hydrogen-bond donors (Lipinski definition) is 0. The second-order valence-corrected chi connectivity index (χ2v) is 9.59. The molecule has 0 spiro atoms. The molecule has 4 aromatic rings. The predicted octanol–water partition coefficient (Wildman–Crippen LogP) is 6.29. The molecule has 1 aromatic heterocycles. The summed E-state index contributed by atoms with van der Waals surface area (Å²) < 4.78 is 3.02. The lowest BCUT2D eigenvalue weighted by Gasteiger charge is -2.14. The molecule has 31 heavy (non-hydrogen) atoms. The molecule has 4 nitrogen and oxygen atoms in total. The second kappa shape index (κ2) is 9.62. The van der Waals surface area contributed by atoms with E-state index in [1.807, 2.05) is 55.5 Å². The maximum absolute atomic E-state index is 13.0. The van der Waals surface area contributed by atoms with Crippen molar-refractivity contribution in [2.24, 2.45) is 0 Å². The van der Waals surface area contributed by atoms with Gasteiger partial charge in [0.2, 0.25) is 0 Å². The van der Waals surface area contributed by atoms with Crippen molar-refractivity contribution in [3.8, 4) is 5.69 Å². The van der Waals surface area contributed by atoms with Crippen LogP contribution in [0.5, 0.6) is 0 Å². The van der Waals surface area contributed by atoms with E-state index < -0.39 is 0 Å². The Hall–Kier alpha value is -2.70. The van der Waals surface area contributed by atoms with Crippen LogP contribution < -0.4 is 0 Å². The van der Waals surface area contributed by atoms with Crippen molar-refractivity contribution >= 4 is 33.5 Å². The van der Waals surface area contributed by atoms with Crippen molar-refractivity contribution < 1.29 is 4.79 Å². The Bertz CT molecular complexity index is 1190. The summed E-state index contributed by atoms with van der Waals surface area (Å²) in [7, 11) is 0. The van der Waals surface area contributed by atoms with E-state index in [9.17, 15) is 4.79 Å². The SMILES string of the molecule is Cc1cccc(-n2c(Cc3ccccc3)nnc2SC(C)C(=O)c2ccc(Br)cc2)c1. The highest BCUT2D eigenvalue weighted by molar-refractivity contribution is 9.10. The predicted molar refractivity (Wildman–Crippen MR) is 129 cm³/mol. The van der Waals surface area contributed by atoms with E-state index in [1.54, 1.807) is 0 Å². The molecule has 0 aliphatic heterocycles. The highest BCUT2D eigenvalue weighted by Gasteiger charge is 2.22. The number of ketones is 1. The van der Waals surface area contributed by atoms with Crippen LogP contribution in [0.2, 0.25) is 0 Å². The van der Waals surface area contributed by atoms with Crippen molar-refractivity contribution in [3.63, 3.8) is 0 Å². The molecule has 0 amide bonds. The van der Waals surface area contributed by atoms with Crippen molar-refractivity contribution in [2.45, 2.75) is 30.7 Å². The van der Waals surface area contributed by atoms with Crippen molar-refractivity contribution in [2.75, 3.05) is 0 Å². The molecule has 0 saturated heterocycles. The van der Waals surface area contributed by atoms with Gasteiger partial charge in [-0.1, -0.05) is 82.3 Å². The number of nitrogens with zero attached hydrogens (tertiary/aromatic N) is 3. The van der Waals surface area contributed by atoms with E-state index in [0.29, 0.717) is 12.0 Å². The van der Waals surface area contributed by atoms with Gasteiger partial charge in [0.05, 0.1) is 5.25 Å². The Morgan fingerprint density at radius 2 is 1.74 bits per heavy atom. The highest BCUT2D eigenvalue weighted by Crippen LogP contribution is 2.29. The first-order chi connectivity index (χ1) is 15.0. The molecule has 0 N–H and O–H groups in total. The largest absolute Gasteiger partial charge is 0.293 e. The van der Waals surface area contributed by atoms with Crippen LogP contribution in [0.1, 0.15) is 34.2 Å². The lowest BCUT2D eigenvalue weighted by molar-refractivity contribution is 0.0994. The minimum absolute atomic E-state index is 0.0703. The Balaban J connectivity index is 1.66. The first-order valence-corrected chi connectivity index (χ1v) is 11.7. The minimum atomic E-state index is -0.293. The van der Waals surface area contributed by atoms with Gasteiger partial charge in [-0.05, 0) is 49.2 Å². The van der Waals surface area contributed by atoms with Crippen LogP contribution in [0.25, 0.3) is 5.69 Å². The number of aromatic nitrogens is 3. The van der Waals surface area contributed by atoms with E-state index in [4.69, 9.17) is 0 Å². The molecule has 1 heterocycles. The summed E-state index contributed by atoms with van der Waals surface area (Å²) >= 11 is 4.86. The average molecular weight is 492 g/mol. The summed E-state index contributed by atoms with van der Waals surface area (Å²) in [4.78, 5) is 13.0. The van der Waals surface area contributed by atoms with Crippen LogP contribution in [0.3, 0.4) is 0 Å². The fourth-order valence-corrected chi connectivity index (χ4v) is 4.58. The zero-order valence-corrected chi connectivity index (χ0v) is 19.7. The molecule has 3 aromatic carbocycles. The third-order valence-electron chi connectivity index (χ3n) is 4.95. The number of Topliss-reactive ketones (excluding diaryl/α,β-unsaturated/α-hetero) is 1. The molecule has 4 rings (SSSR count). The van der Waals surface area contributed by atoms with Gasteiger partial charge in [0.15, 0.2) is 10.9 Å². The van der Waals surface area contributed by atoms with Crippen LogP contribution in [0.15, 0.2) is 88.5 Å². The summed E-state index contributed by atoms with van der Waals surface area (Å²) in [6.07, 6.45) is 0.664. The highest BCUT2D eigenvalue weighted by atomic mass is 79.9. The van der Waals surface area contributed by atoms with Crippen molar-refractivity contribution in [1.29, 1.82) is 0 Å². The lowest BCUT2D eigenvalue weighted by atomic mass is 10.1. The molecular weight excluding hydrogens is 470 g/mol. The summed E-state index contributed by atoms with van der Waals surface area (Å²) in [6, 6.07) is 25.9. The number of thioether (sulfide) groups is 1. The van der Waals surface area contributed by atoms with Crippen molar-refractivity contribution in [3.05, 3.63) is 106 Å². The summed E-state index contributed by atoms with van der Waals surface area (Å²) in [6.45, 7) is 3.98. The van der Waals surface area contributed by atoms with Gasteiger partial charge < -0.3 is 0 Å². The number of halogens is 1. The molecular formula is C25H22BrN3OS. The Morgan fingerprint density at radius 1 is 1.00 bits per heavy atom. The molecule has 0 fully saturated rings.